The number of carbonyl (C=O) groups excluding carboxylic acids is 1. The van der Waals surface area contributed by atoms with Crippen molar-refractivity contribution in [1.29, 1.82) is 0 Å². The zero-order valence-electron chi connectivity index (χ0n) is 12.2. The molecule has 0 heterocycles. The summed E-state index contributed by atoms with van der Waals surface area (Å²) in [4.78, 5) is 11.7. The van der Waals surface area contributed by atoms with Crippen LogP contribution in [0.4, 0.5) is 4.79 Å². The van der Waals surface area contributed by atoms with Crippen LogP contribution in [0.2, 0.25) is 0 Å². The Hall–Kier alpha value is -1.71. The number of carbonyl (C=O) groups is 1. The molecule has 0 saturated heterocycles. The van der Waals surface area contributed by atoms with E-state index in [2.05, 4.69) is 13.8 Å². The van der Waals surface area contributed by atoms with Gasteiger partial charge < -0.3 is 14.2 Å². The van der Waals surface area contributed by atoms with Crippen molar-refractivity contribution in [1.82, 2.24) is 0 Å². The molecule has 1 aromatic rings. The third-order valence-electron chi connectivity index (χ3n) is 2.52. The summed E-state index contributed by atoms with van der Waals surface area (Å²) in [5.74, 6) is 1.59. The summed E-state index contributed by atoms with van der Waals surface area (Å²) in [6.07, 6.45) is 0.0980. The zero-order chi connectivity index (χ0) is 14.5. The summed E-state index contributed by atoms with van der Waals surface area (Å²) in [7, 11) is 1.58. The third-order valence-corrected chi connectivity index (χ3v) is 2.52. The summed E-state index contributed by atoms with van der Waals surface area (Å²) >= 11 is 0. The molecule has 1 aromatic carbocycles. The van der Waals surface area contributed by atoms with Gasteiger partial charge >= 0.3 is 6.16 Å². The first kappa shape index (κ1) is 15.3. The van der Waals surface area contributed by atoms with E-state index in [0.29, 0.717) is 17.4 Å². The lowest BCUT2D eigenvalue weighted by Gasteiger charge is -2.26. The number of hydrogen-bond donors (Lipinski definition) is 0. The molecule has 0 bridgehead atoms. The average molecular weight is 266 g/mol. The summed E-state index contributed by atoms with van der Waals surface area (Å²) < 4.78 is 15.5. The van der Waals surface area contributed by atoms with E-state index in [0.717, 1.165) is 6.42 Å². The molecule has 4 nitrogen and oxygen atoms in total. The van der Waals surface area contributed by atoms with Gasteiger partial charge in [-0.1, -0.05) is 13.8 Å². The lowest BCUT2D eigenvalue weighted by Crippen LogP contribution is -2.31. The van der Waals surface area contributed by atoms with Crippen LogP contribution in [0.5, 0.6) is 11.5 Å². The first-order valence-corrected chi connectivity index (χ1v) is 6.37. The van der Waals surface area contributed by atoms with E-state index >= 15 is 0 Å². The van der Waals surface area contributed by atoms with Crippen LogP contribution >= 0.6 is 0 Å². The standard InChI is InChI=1S/C15H22O4/c1-11(2)10-15(3,4)19-14(16)18-13-8-6-12(17-5)7-9-13/h6-9,11H,10H2,1-5H3. The molecule has 0 aliphatic heterocycles. The smallest absolute Gasteiger partial charge is 0.497 e. The van der Waals surface area contributed by atoms with Gasteiger partial charge in [0.25, 0.3) is 0 Å². The molecular weight excluding hydrogens is 244 g/mol. The number of hydrogen-bond acceptors (Lipinski definition) is 4. The minimum atomic E-state index is -0.684. The van der Waals surface area contributed by atoms with Crippen LogP contribution in [0.25, 0.3) is 0 Å². The van der Waals surface area contributed by atoms with Gasteiger partial charge in [-0.2, -0.15) is 0 Å². The minimum Gasteiger partial charge on any atom is -0.497 e. The van der Waals surface area contributed by atoms with Crippen molar-refractivity contribution in [2.24, 2.45) is 5.92 Å². The van der Waals surface area contributed by atoms with Gasteiger partial charge in [-0.25, -0.2) is 4.79 Å². The van der Waals surface area contributed by atoms with Gasteiger partial charge in [0, 0.05) is 0 Å². The molecule has 0 amide bonds. The number of methoxy groups -OCH3 is 1. The highest BCUT2D eigenvalue weighted by Gasteiger charge is 2.25. The van der Waals surface area contributed by atoms with Crippen molar-refractivity contribution in [3.8, 4) is 11.5 Å². The first-order valence-electron chi connectivity index (χ1n) is 6.37. The molecule has 0 radical (unpaired) electrons. The monoisotopic (exact) mass is 266 g/mol. The second kappa shape index (κ2) is 6.45. The predicted molar refractivity (Wildman–Crippen MR) is 73.6 cm³/mol. The quantitative estimate of drug-likeness (QED) is 0.596. The minimum absolute atomic E-state index is 0.436. The molecule has 106 valence electrons. The van der Waals surface area contributed by atoms with Crippen LogP contribution in [-0.4, -0.2) is 18.9 Å². The molecule has 0 saturated carbocycles. The second-order valence-electron chi connectivity index (χ2n) is 5.49. The maximum Gasteiger partial charge on any atom is 0.514 e. The summed E-state index contributed by atoms with van der Waals surface area (Å²) in [5, 5.41) is 0. The molecule has 0 spiro atoms. The van der Waals surface area contributed by atoms with Crippen molar-refractivity contribution in [3.63, 3.8) is 0 Å². The van der Waals surface area contributed by atoms with E-state index in [9.17, 15) is 4.79 Å². The molecule has 1 rings (SSSR count). The van der Waals surface area contributed by atoms with Gasteiger partial charge in [0.05, 0.1) is 7.11 Å². The van der Waals surface area contributed by atoms with Crippen LogP contribution in [0.3, 0.4) is 0 Å². The molecule has 4 heteroatoms. The van der Waals surface area contributed by atoms with Crippen molar-refractivity contribution in [2.75, 3.05) is 7.11 Å². The van der Waals surface area contributed by atoms with E-state index in [4.69, 9.17) is 14.2 Å². The van der Waals surface area contributed by atoms with Crippen LogP contribution in [0.1, 0.15) is 34.1 Å². The largest absolute Gasteiger partial charge is 0.514 e. The van der Waals surface area contributed by atoms with Gasteiger partial charge in [-0.05, 0) is 50.5 Å². The zero-order valence-corrected chi connectivity index (χ0v) is 12.2. The highest BCUT2D eigenvalue weighted by molar-refractivity contribution is 5.64. The van der Waals surface area contributed by atoms with Crippen LogP contribution in [-0.2, 0) is 4.74 Å². The molecule has 19 heavy (non-hydrogen) atoms. The van der Waals surface area contributed by atoms with Crippen molar-refractivity contribution >= 4 is 6.16 Å². The lowest BCUT2D eigenvalue weighted by atomic mass is 9.96. The molecule has 0 N–H and O–H groups in total. The summed E-state index contributed by atoms with van der Waals surface area (Å²) in [6.45, 7) is 7.92. The van der Waals surface area contributed by atoms with Gasteiger partial charge in [-0.15, -0.1) is 0 Å². The number of benzene rings is 1. The summed E-state index contributed by atoms with van der Waals surface area (Å²) in [6, 6.07) is 6.77. The Labute approximate surface area is 114 Å². The van der Waals surface area contributed by atoms with E-state index in [1.807, 2.05) is 13.8 Å². The fourth-order valence-electron chi connectivity index (χ4n) is 2.01. The Morgan fingerprint density at radius 2 is 1.68 bits per heavy atom. The van der Waals surface area contributed by atoms with E-state index < -0.39 is 11.8 Å². The first-order chi connectivity index (χ1) is 8.82. The number of ether oxygens (including phenoxy) is 3. The second-order valence-corrected chi connectivity index (χ2v) is 5.49. The van der Waals surface area contributed by atoms with Gasteiger partial charge in [-0.3, -0.25) is 0 Å². The Bertz CT molecular complexity index is 407. The van der Waals surface area contributed by atoms with E-state index in [-0.39, 0.29) is 0 Å². The molecule has 0 aliphatic carbocycles. The third kappa shape index (κ3) is 5.64. The van der Waals surface area contributed by atoms with E-state index in [1.54, 1.807) is 31.4 Å². The molecule has 0 aliphatic rings. The topological polar surface area (TPSA) is 44.8 Å². The SMILES string of the molecule is COc1ccc(OC(=O)OC(C)(C)CC(C)C)cc1. The van der Waals surface area contributed by atoms with Crippen LogP contribution < -0.4 is 9.47 Å². The maximum atomic E-state index is 11.7. The molecule has 0 atom stereocenters. The van der Waals surface area contributed by atoms with E-state index in [1.165, 1.54) is 0 Å². The normalized spacial score (nSPS) is 11.3. The number of rotatable bonds is 5. The van der Waals surface area contributed by atoms with Crippen molar-refractivity contribution in [2.45, 2.75) is 39.7 Å². The molecule has 0 aromatic heterocycles. The Morgan fingerprint density at radius 1 is 1.16 bits per heavy atom. The van der Waals surface area contributed by atoms with Crippen molar-refractivity contribution < 1.29 is 19.0 Å². The molecule has 0 unspecified atom stereocenters. The Morgan fingerprint density at radius 3 is 2.16 bits per heavy atom. The van der Waals surface area contributed by atoms with Gasteiger partial charge in [0.15, 0.2) is 0 Å². The van der Waals surface area contributed by atoms with Crippen LogP contribution in [0.15, 0.2) is 24.3 Å². The lowest BCUT2D eigenvalue weighted by molar-refractivity contribution is -0.00264. The van der Waals surface area contributed by atoms with Gasteiger partial charge in [0.1, 0.15) is 17.1 Å². The average Bonchev–Trinajstić information content (AvgIpc) is 2.27. The Balaban J connectivity index is 2.54. The highest BCUT2D eigenvalue weighted by atomic mass is 16.7. The van der Waals surface area contributed by atoms with Crippen molar-refractivity contribution in [3.05, 3.63) is 24.3 Å². The molecular formula is C15H22O4. The van der Waals surface area contributed by atoms with Gasteiger partial charge in [0.2, 0.25) is 0 Å². The maximum absolute atomic E-state index is 11.7. The summed E-state index contributed by atoms with van der Waals surface area (Å²) in [5.41, 5.74) is -0.530. The molecule has 0 fully saturated rings. The van der Waals surface area contributed by atoms with Crippen LogP contribution in [0, 0.1) is 5.92 Å². The highest BCUT2D eigenvalue weighted by Crippen LogP contribution is 2.22. The fourth-order valence-corrected chi connectivity index (χ4v) is 2.01. The Kier molecular flexibility index (Phi) is 5.21. The predicted octanol–water partition coefficient (Wildman–Crippen LogP) is 4.04. The fraction of sp³-hybridized carbons (Fsp3) is 0.533.